The third kappa shape index (κ3) is 2.60. The summed E-state index contributed by atoms with van der Waals surface area (Å²) in [5.74, 6) is 2.66. The highest BCUT2D eigenvalue weighted by Gasteiger charge is 2.26. The number of rotatable bonds is 4. The van der Waals surface area contributed by atoms with Gasteiger partial charge in [-0.2, -0.15) is 5.10 Å². The normalized spacial score (nSPS) is 12.6. The van der Waals surface area contributed by atoms with Crippen LogP contribution in [0.4, 0.5) is 5.82 Å². The van der Waals surface area contributed by atoms with Crippen LogP contribution in [0.15, 0.2) is 36.4 Å². The molecule has 4 rings (SSSR count). The zero-order valence-corrected chi connectivity index (χ0v) is 15.6. The molecule has 26 heavy (non-hydrogen) atoms. The number of methoxy groups -OCH3 is 2. The lowest BCUT2D eigenvalue weighted by Gasteiger charge is -2.11. The minimum absolute atomic E-state index is 0.793. The van der Waals surface area contributed by atoms with E-state index in [2.05, 4.69) is 37.4 Å². The Balaban J connectivity index is 1.93. The van der Waals surface area contributed by atoms with Crippen LogP contribution >= 0.6 is 0 Å². The Bertz CT molecular complexity index is 976. The van der Waals surface area contributed by atoms with E-state index in [9.17, 15) is 0 Å². The van der Waals surface area contributed by atoms with E-state index in [4.69, 9.17) is 14.6 Å². The van der Waals surface area contributed by atoms with Gasteiger partial charge in [0, 0.05) is 17.7 Å². The van der Waals surface area contributed by atoms with Crippen LogP contribution in [-0.4, -0.2) is 30.5 Å². The topological polar surface area (TPSA) is 48.3 Å². The summed E-state index contributed by atoms with van der Waals surface area (Å²) in [6.45, 7) is 5.14. The molecule has 0 spiro atoms. The predicted octanol–water partition coefficient (Wildman–Crippen LogP) is 4.14. The van der Waals surface area contributed by atoms with Crippen molar-refractivity contribution in [1.29, 1.82) is 0 Å². The van der Waals surface area contributed by atoms with Gasteiger partial charge in [-0.05, 0) is 50.1 Å². The van der Waals surface area contributed by atoms with Gasteiger partial charge in [0.2, 0.25) is 0 Å². The predicted molar refractivity (Wildman–Crippen MR) is 104 cm³/mol. The summed E-state index contributed by atoms with van der Waals surface area (Å²) in [6.07, 6.45) is 0.940. The van der Waals surface area contributed by atoms with Crippen molar-refractivity contribution < 1.29 is 9.47 Å². The first-order chi connectivity index (χ1) is 12.6. The van der Waals surface area contributed by atoms with E-state index in [-0.39, 0.29) is 0 Å². The van der Waals surface area contributed by atoms with E-state index in [1.807, 2.05) is 22.9 Å². The first kappa shape index (κ1) is 16.5. The number of hydrogen-bond acceptors (Lipinski definition) is 4. The number of hydrogen-bond donors (Lipinski definition) is 1. The largest absolute Gasteiger partial charge is 0.497 e. The van der Waals surface area contributed by atoms with Gasteiger partial charge in [0.05, 0.1) is 19.9 Å². The van der Waals surface area contributed by atoms with Crippen molar-refractivity contribution in [3.05, 3.63) is 53.1 Å². The summed E-state index contributed by atoms with van der Waals surface area (Å²) in [5.41, 5.74) is 6.66. The highest BCUT2D eigenvalue weighted by atomic mass is 16.5. The molecule has 0 amide bonds. The van der Waals surface area contributed by atoms with E-state index in [1.165, 1.54) is 16.7 Å². The van der Waals surface area contributed by atoms with E-state index < -0.39 is 0 Å². The van der Waals surface area contributed by atoms with Crippen molar-refractivity contribution >= 4 is 5.82 Å². The molecule has 0 saturated heterocycles. The van der Waals surface area contributed by atoms with Gasteiger partial charge < -0.3 is 14.8 Å². The van der Waals surface area contributed by atoms with Crippen molar-refractivity contribution in [2.75, 3.05) is 26.1 Å². The zero-order chi connectivity index (χ0) is 18.3. The van der Waals surface area contributed by atoms with Crippen LogP contribution in [0.3, 0.4) is 0 Å². The van der Waals surface area contributed by atoms with Crippen molar-refractivity contribution in [2.24, 2.45) is 0 Å². The fourth-order valence-corrected chi connectivity index (χ4v) is 3.61. The van der Waals surface area contributed by atoms with E-state index >= 15 is 0 Å². The zero-order valence-electron chi connectivity index (χ0n) is 15.6. The maximum Gasteiger partial charge on any atom is 0.133 e. The second kappa shape index (κ2) is 6.41. The van der Waals surface area contributed by atoms with Gasteiger partial charge in [0.1, 0.15) is 23.0 Å². The molecule has 1 N–H and O–H groups in total. The molecule has 0 bridgehead atoms. The third-order valence-corrected chi connectivity index (χ3v) is 4.89. The highest BCUT2D eigenvalue weighted by Crippen LogP contribution is 2.40. The molecule has 1 aliphatic rings. The number of nitrogens with zero attached hydrogens (tertiary/aromatic N) is 2. The molecule has 0 saturated carbocycles. The Hall–Kier alpha value is -2.95. The maximum absolute atomic E-state index is 5.59. The minimum atomic E-state index is 0.793. The van der Waals surface area contributed by atoms with Crippen LogP contribution in [0.25, 0.3) is 16.9 Å². The average Bonchev–Trinajstić information content (AvgIpc) is 3.24. The summed E-state index contributed by atoms with van der Waals surface area (Å²) in [7, 11) is 3.36. The fourth-order valence-electron chi connectivity index (χ4n) is 3.61. The standard InChI is InChI=1S/C21H23N3O2/c1-13-5-7-18(14(2)11-13)24-21-16(9-10-22-21)20(23-24)17-12-15(25-3)6-8-19(17)26-4/h5-8,11-12,22H,9-10H2,1-4H3. The molecular formula is C21H23N3O2. The minimum Gasteiger partial charge on any atom is -0.497 e. The van der Waals surface area contributed by atoms with Crippen LogP contribution in [0, 0.1) is 13.8 Å². The van der Waals surface area contributed by atoms with Gasteiger partial charge >= 0.3 is 0 Å². The molecule has 2 heterocycles. The summed E-state index contributed by atoms with van der Waals surface area (Å²) in [5, 5.41) is 8.46. The summed E-state index contributed by atoms with van der Waals surface area (Å²) in [6, 6.07) is 12.3. The number of aryl methyl sites for hydroxylation is 2. The van der Waals surface area contributed by atoms with Gasteiger partial charge in [0.15, 0.2) is 0 Å². The Morgan fingerprint density at radius 1 is 1.04 bits per heavy atom. The van der Waals surface area contributed by atoms with E-state index in [0.29, 0.717) is 0 Å². The maximum atomic E-state index is 5.59. The van der Waals surface area contributed by atoms with Crippen molar-refractivity contribution in [2.45, 2.75) is 20.3 Å². The first-order valence-electron chi connectivity index (χ1n) is 8.78. The number of fused-ring (bicyclic) bond motifs is 1. The molecule has 2 aromatic carbocycles. The summed E-state index contributed by atoms with van der Waals surface area (Å²) < 4.78 is 13.0. The third-order valence-electron chi connectivity index (χ3n) is 4.89. The molecule has 5 nitrogen and oxygen atoms in total. The number of benzene rings is 2. The molecule has 3 aromatic rings. The molecule has 1 aliphatic heterocycles. The lowest BCUT2D eigenvalue weighted by molar-refractivity contribution is 0.404. The van der Waals surface area contributed by atoms with Gasteiger partial charge in [-0.15, -0.1) is 0 Å². The van der Waals surface area contributed by atoms with Crippen LogP contribution in [0.2, 0.25) is 0 Å². The lowest BCUT2D eigenvalue weighted by atomic mass is 10.1. The fraction of sp³-hybridized carbons (Fsp3) is 0.286. The Morgan fingerprint density at radius 2 is 1.88 bits per heavy atom. The van der Waals surface area contributed by atoms with Crippen molar-refractivity contribution in [3.8, 4) is 28.4 Å². The SMILES string of the molecule is COc1ccc(OC)c(-c2nn(-c3ccc(C)cc3C)c3c2CCN3)c1. The van der Waals surface area contributed by atoms with Crippen molar-refractivity contribution in [1.82, 2.24) is 9.78 Å². The average molecular weight is 349 g/mol. The smallest absolute Gasteiger partial charge is 0.133 e. The Kier molecular flexibility index (Phi) is 4.07. The number of nitrogens with one attached hydrogen (secondary N) is 1. The Morgan fingerprint density at radius 3 is 2.62 bits per heavy atom. The summed E-state index contributed by atoms with van der Waals surface area (Å²) >= 11 is 0. The van der Waals surface area contributed by atoms with Gasteiger partial charge in [0.25, 0.3) is 0 Å². The second-order valence-electron chi connectivity index (χ2n) is 6.62. The molecule has 5 heteroatoms. The number of aromatic nitrogens is 2. The van der Waals surface area contributed by atoms with Crippen LogP contribution in [0.1, 0.15) is 16.7 Å². The molecule has 1 aromatic heterocycles. The summed E-state index contributed by atoms with van der Waals surface area (Å²) in [4.78, 5) is 0. The molecule has 0 fully saturated rings. The molecule has 134 valence electrons. The number of anilines is 1. The van der Waals surface area contributed by atoms with Gasteiger partial charge in [-0.1, -0.05) is 17.7 Å². The van der Waals surface area contributed by atoms with Gasteiger partial charge in [-0.3, -0.25) is 0 Å². The van der Waals surface area contributed by atoms with Crippen LogP contribution in [0.5, 0.6) is 11.5 Å². The van der Waals surface area contributed by atoms with Crippen molar-refractivity contribution in [3.63, 3.8) is 0 Å². The lowest BCUT2D eigenvalue weighted by Crippen LogP contribution is -2.06. The van der Waals surface area contributed by atoms with Crippen LogP contribution < -0.4 is 14.8 Å². The molecular weight excluding hydrogens is 326 g/mol. The number of ether oxygens (including phenoxy) is 2. The van der Waals surface area contributed by atoms with Crippen LogP contribution in [-0.2, 0) is 6.42 Å². The monoisotopic (exact) mass is 349 g/mol. The molecule has 0 unspecified atom stereocenters. The quantitative estimate of drug-likeness (QED) is 0.769. The van der Waals surface area contributed by atoms with Gasteiger partial charge in [-0.25, -0.2) is 4.68 Å². The highest BCUT2D eigenvalue weighted by molar-refractivity contribution is 5.78. The molecule has 0 aliphatic carbocycles. The Labute approximate surface area is 153 Å². The van der Waals surface area contributed by atoms with E-state index in [1.54, 1.807) is 14.2 Å². The van der Waals surface area contributed by atoms with E-state index in [0.717, 1.165) is 47.2 Å². The molecule has 0 atom stereocenters. The first-order valence-corrected chi connectivity index (χ1v) is 8.78. The molecule has 0 radical (unpaired) electrons. The second-order valence-corrected chi connectivity index (χ2v) is 6.62.